The van der Waals surface area contributed by atoms with Gasteiger partial charge < -0.3 is 10.2 Å². The number of rotatable bonds is 2. The van der Waals surface area contributed by atoms with Gasteiger partial charge in [-0.2, -0.15) is 0 Å². The van der Waals surface area contributed by atoms with Crippen LogP contribution < -0.4 is 0 Å². The number of ketones is 1. The first kappa shape index (κ1) is 17.8. The van der Waals surface area contributed by atoms with E-state index >= 15 is 0 Å². The van der Waals surface area contributed by atoms with Gasteiger partial charge in [-0.1, -0.05) is 67.1 Å². The maximum Gasteiger partial charge on any atom is 0.223 e. The molecule has 0 radical (unpaired) electrons. The molecule has 0 spiro atoms. The van der Waals surface area contributed by atoms with Gasteiger partial charge in [0.1, 0.15) is 0 Å². The van der Waals surface area contributed by atoms with Crippen molar-refractivity contribution in [2.75, 3.05) is 0 Å². The minimum atomic E-state index is -2.18. The number of Topliss-reactive ketones (excluding diaryl/α,β-unsaturated/α-hetero) is 1. The quantitative estimate of drug-likeness (QED) is 0.815. The van der Waals surface area contributed by atoms with Crippen molar-refractivity contribution in [2.24, 2.45) is 0 Å². The van der Waals surface area contributed by atoms with E-state index in [0.29, 0.717) is 12.8 Å². The molecular formula is C22H26O3. The molecule has 0 aromatic heterocycles. The largest absolute Gasteiger partial charge is 0.360 e. The minimum Gasteiger partial charge on any atom is -0.360 e. The molecule has 3 heteroatoms. The fourth-order valence-electron chi connectivity index (χ4n) is 4.07. The summed E-state index contributed by atoms with van der Waals surface area (Å²) < 4.78 is 0. The molecule has 1 aliphatic carbocycles. The van der Waals surface area contributed by atoms with E-state index in [9.17, 15) is 15.0 Å². The molecule has 0 bridgehead atoms. The monoisotopic (exact) mass is 338 g/mol. The third-order valence-corrected chi connectivity index (χ3v) is 5.49. The molecule has 0 unspecified atom stereocenters. The highest BCUT2D eigenvalue weighted by molar-refractivity contribution is 5.85. The second-order valence-electron chi connectivity index (χ2n) is 7.11. The Morgan fingerprint density at radius 1 is 0.680 bits per heavy atom. The van der Waals surface area contributed by atoms with Gasteiger partial charge in [-0.3, -0.25) is 4.79 Å². The third kappa shape index (κ3) is 3.83. The van der Waals surface area contributed by atoms with Crippen LogP contribution in [0.4, 0.5) is 0 Å². The SMILES string of the molecule is O=C1CCCCC(c2ccccc2)(c2ccccc2)CCCC1(O)O. The summed E-state index contributed by atoms with van der Waals surface area (Å²) in [6, 6.07) is 20.9. The van der Waals surface area contributed by atoms with Crippen LogP contribution in [0.15, 0.2) is 60.7 Å². The molecule has 2 aromatic rings. The summed E-state index contributed by atoms with van der Waals surface area (Å²) in [4.78, 5) is 12.0. The highest BCUT2D eigenvalue weighted by Crippen LogP contribution is 2.42. The molecule has 0 atom stereocenters. The molecule has 0 amide bonds. The summed E-state index contributed by atoms with van der Waals surface area (Å²) in [5.74, 6) is -2.63. The average Bonchev–Trinajstić information content (AvgIpc) is 2.64. The molecule has 1 fully saturated rings. The number of carbonyl (C=O) groups is 1. The molecule has 3 rings (SSSR count). The van der Waals surface area contributed by atoms with E-state index < -0.39 is 11.6 Å². The summed E-state index contributed by atoms with van der Waals surface area (Å²) in [6.45, 7) is 0. The van der Waals surface area contributed by atoms with Crippen molar-refractivity contribution in [2.45, 2.75) is 56.1 Å². The number of hydrogen-bond acceptors (Lipinski definition) is 3. The Morgan fingerprint density at radius 2 is 1.20 bits per heavy atom. The second kappa shape index (κ2) is 7.51. The summed E-state index contributed by atoms with van der Waals surface area (Å²) in [7, 11) is 0. The topological polar surface area (TPSA) is 57.5 Å². The molecule has 1 saturated carbocycles. The predicted octanol–water partition coefficient (Wildman–Crippen LogP) is 3.97. The van der Waals surface area contributed by atoms with E-state index in [-0.39, 0.29) is 18.3 Å². The number of carbonyl (C=O) groups excluding carboxylic acids is 1. The lowest BCUT2D eigenvalue weighted by Crippen LogP contribution is -2.39. The van der Waals surface area contributed by atoms with Crippen molar-refractivity contribution >= 4 is 5.78 Å². The van der Waals surface area contributed by atoms with Gasteiger partial charge in [-0.15, -0.1) is 0 Å². The summed E-state index contributed by atoms with van der Waals surface area (Å²) >= 11 is 0. The van der Waals surface area contributed by atoms with Crippen molar-refractivity contribution in [1.82, 2.24) is 0 Å². The summed E-state index contributed by atoms with van der Waals surface area (Å²) in [5.41, 5.74) is 2.36. The first-order valence-electron chi connectivity index (χ1n) is 9.14. The predicted molar refractivity (Wildman–Crippen MR) is 98.2 cm³/mol. The highest BCUT2D eigenvalue weighted by atomic mass is 16.5. The van der Waals surface area contributed by atoms with Crippen LogP contribution in [-0.4, -0.2) is 21.8 Å². The highest BCUT2D eigenvalue weighted by Gasteiger charge is 2.38. The molecule has 0 heterocycles. The molecule has 2 aromatic carbocycles. The van der Waals surface area contributed by atoms with Gasteiger partial charge in [0.15, 0.2) is 5.78 Å². The van der Waals surface area contributed by atoms with Crippen molar-refractivity contribution < 1.29 is 15.0 Å². The van der Waals surface area contributed by atoms with Crippen molar-refractivity contribution in [3.63, 3.8) is 0 Å². The lowest BCUT2D eigenvalue weighted by molar-refractivity contribution is -0.186. The van der Waals surface area contributed by atoms with E-state index in [1.807, 2.05) is 12.1 Å². The van der Waals surface area contributed by atoms with E-state index in [0.717, 1.165) is 19.3 Å². The zero-order valence-corrected chi connectivity index (χ0v) is 14.5. The molecule has 0 saturated heterocycles. The maximum absolute atomic E-state index is 12.0. The van der Waals surface area contributed by atoms with Gasteiger partial charge in [0, 0.05) is 18.3 Å². The molecule has 0 aliphatic heterocycles. The van der Waals surface area contributed by atoms with Crippen LogP contribution in [0, 0.1) is 0 Å². The van der Waals surface area contributed by atoms with Gasteiger partial charge in [0.2, 0.25) is 5.79 Å². The van der Waals surface area contributed by atoms with Crippen LogP contribution in [0.2, 0.25) is 0 Å². The van der Waals surface area contributed by atoms with E-state index in [1.54, 1.807) is 0 Å². The molecule has 25 heavy (non-hydrogen) atoms. The third-order valence-electron chi connectivity index (χ3n) is 5.49. The Kier molecular flexibility index (Phi) is 5.36. The fourth-order valence-corrected chi connectivity index (χ4v) is 4.07. The zero-order valence-electron chi connectivity index (χ0n) is 14.5. The first-order valence-corrected chi connectivity index (χ1v) is 9.14. The van der Waals surface area contributed by atoms with Gasteiger partial charge in [-0.05, 0) is 36.8 Å². The van der Waals surface area contributed by atoms with Gasteiger partial charge >= 0.3 is 0 Å². The smallest absolute Gasteiger partial charge is 0.223 e. The Bertz CT molecular complexity index is 652. The number of benzene rings is 2. The van der Waals surface area contributed by atoms with Crippen LogP contribution in [0.1, 0.15) is 56.1 Å². The second-order valence-corrected chi connectivity index (χ2v) is 7.11. The van der Waals surface area contributed by atoms with Crippen molar-refractivity contribution in [3.8, 4) is 0 Å². The average molecular weight is 338 g/mol. The standard InChI is InChI=1S/C22H26O3/c23-20-14-7-8-15-21(16-9-17-22(20,24)25,18-10-3-1-4-11-18)19-12-5-2-6-13-19/h1-6,10-13,24-25H,7-9,14-17H2. The molecule has 1 aliphatic rings. The lowest BCUT2D eigenvalue weighted by atomic mass is 9.67. The number of aliphatic hydroxyl groups is 2. The van der Waals surface area contributed by atoms with Crippen molar-refractivity contribution in [1.29, 1.82) is 0 Å². The summed E-state index contributed by atoms with van der Waals surface area (Å²) in [5, 5.41) is 20.2. The Balaban J connectivity index is 2.00. The molecule has 132 valence electrons. The lowest BCUT2D eigenvalue weighted by Gasteiger charge is -2.37. The maximum atomic E-state index is 12.0. The molecule has 2 N–H and O–H groups in total. The molecular weight excluding hydrogens is 312 g/mol. The van der Waals surface area contributed by atoms with E-state index in [2.05, 4.69) is 48.5 Å². The van der Waals surface area contributed by atoms with Gasteiger partial charge in [0.05, 0.1) is 0 Å². The normalized spacial score (nSPS) is 20.8. The minimum absolute atomic E-state index is 0.0905. The Labute approximate surface area is 149 Å². The van der Waals surface area contributed by atoms with E-state index in [4.69, 9.17) is 0 Å². The number of hydrogen-bond donors (Lipinski definition) is 2. The van der Waals surface area contributed by atoms with Crippen LogP contribution in [0.3, 0.4) is 0 Å². The fraction of sp³-hybridized carbons (Fsp3) is 0.409. The van der Waals surface area contributed by atoms with Gasteiger partial charge in [-0.25, -0.2) is 0 Å². The van der Waals surface area contributed by atoms with Gasteiger partial charge in [0.25, 0.3) is 0 Å². The summed E-state index contributed by atoms with van der Waals surface area (Å²) in [6.07, 6.45) is 4.21. The van der Waals surface area contributed by atoms with Crippen LogP contribution in [0.5, 0.6) is 0 Å². The van der Waals surface area contributed by atoms with Crippen LogP contribution in [-0.2, 0) is 10.2 Å². The molecule has 3 nitrogen and oxygen atoms in total. The van der Waals surface area contributed by atoms with Crippen LogP contribution in [0.25, 0.3) is 0 Å². The zero-order chi connectivity index (χ0) is 17.8. The Morgan fingerprint density at radius 3 is 1.76 bits per heavy atom. The van der Waals surface area contributed by atoms with Crippen molar-refractivity contribution in [3.05, 3.63) is 71.8 Å². The first-order chi connectivity index (χ1) is 12.0. The van der Waals surface area contributed by atoms with E-state index in [1.165, 1.54) is 11.1 Å². The Hall–Kier alpha value is -1.97. The van der Waals surface area contributed by atoms with Crippen LogP contribution >= 0.6 is 0 Å².